The minimum atomic E-state index is -4.99. The number of phosphoric ester groups is 2. The van der Waals surface area contributed by atoms with E-state index in [1.165, 1.54) is 83.5 Å². The molecule has 5 unspecified atom stereocenters. The van der Waals surface area contributed by atoms with E-state index in [9.17, 15) is 43.2 Å². The molecule has 0 bridgehead atoms. The number of aliphatic hydroxyl groups excluding tert-OH is 1. The molecule has 608 valence electrons. The summed E-state index contributed by atoms with van der Waals surface area (Å²) in [5.41, 5.74) is 0. The predicted molar refractivity (Wildman–Crippen MR) is 436 cm³/mol. The van der Waals surface area contributed by atoms with Crippen molar-refractivity contribution in [2.45, 2.75) is 354 Å². The van der Waals surface area contributed by atoms with Crippen molar-refractivity contribution in [3.05, 3.63) is 134 Å². The summed E-state index contributed by atoms with van der Waals surface area (Å²) in [6, 6.07) is 0. The second-order valence-corrected chi connectivity index (χ2v) is 30.2. The Bertz CT molecular complexity index is 2530. The van der Waals surface area contributed by atoms with Crippen LogP contribution in [0.5, 0.6) is 0 Å². The molecule has 106 heavy (non-hydrogen) atoms. The molecule has 0 rings (SSSR count). The lowest BCUT2D eigenvalue weighted by Gasteiger charge is -2.21. The lowest BCUT2D eigenvalue weighted by atomic mass is 10.0. The van der Waals surface area contributed by atoms with Crippen LogP contribution in [-0.4, -0.2) is 96.7 Å². The van der Waals surface area contributed by atoms with Gasteiger partial charge in [0.15, 0.2) is 12.2 Å². The molecule has 0 aromatic heterocycles. The second-order valence-electron chi connectivity index (χ2n) is 27.3. The fourth-order valence-electron chi connectivity index (χ4n) is 10.9. The molecule has 0 radical (unpaired) electrons. The highest BCUT2D eigenvalue weighted by Gasteiger charge is 2.30. The maximum atomic E-state index is 13.1. The molecule has 0 aromatic carbocycles. The number of carbonyl (C=O) groups excluding carboxylic acids is 4. The molecule has 0 aromatic rings. The van der Waals surface area contributed by atoms with E-state index in [0.717, 1.165) is 173 Å². The molecule has 0 heterocycles. The number of rotatable bonds is 77. The van der Waals surface area contributed by atoms with Gasteiger partial charge in [0.2, 0.25) is 0 Å². The van der Waals surface area contributed by atoms with Crippen LogP contribution < -0.4 is 0 Å². The Morgan fingerprint density at radius 2 is 0.491 bits per heavy atom. The quantitative estimate of drug-likeness (QED) is 0.0169. The zero-order valence-corrected chi connectivity index (χ0v) is 68.4. The molecule has 0 saturated heterocycles. The van der Waals surface area contributed by atoms with E-state index in [0.29, 0.717) is 25.7 Å². The number of phosphoric acid groups is 2. The summed E-state index contributed by atoms with van der Waals surface area (Å²) >= 11 is 0. The molecule has 17 nitrogen and oxygen atoms in total. The summed E-state index contributed by atoms with van der Waals surface area (Å²) in [6.07, 6.45) is 88.4. The Kier molecular flexibility index (Phi) is 74.8. The van der Waals surface area contributed by atoms with Gasteiger partial charge in [-0.3, -0.25) is 37.3 Å². The molecule has 3 N–H and O–H groups in total. The first-order valence-corrected chi connectivity index (χ1v) is 44.4. The molecular weight excluding hydrogens is 1380 g/mol. The minimum absolute atomic E-state index is 0.0704. The molecule has 0 aliphatic carbocycles. The van der Waals surface area contributed by atoms with E-state index in [2.05, 4.69) is 161 Å². The number of unbranched alkanes of at least 4 members (excludes halogenated alkanes) is 29. The summed E-state index contributed by atoms with van der Waals surface area (Å²) in [4.78, 5) is 73.1. The molecular formula is C87H148O17P2. The number of esters is 4. The Balaban J connectivity index is 5.42. The number of carbonyl (C=O) groups is 4. The zero-order chi connectivity index (χ0) is 77.4. The van der Waals surface area contributed by atoms with Gasteiger partial charge in [-0.2, -0.15) is 0 Å². The molecule has 0 spiro atoms. The van der Waals surface area contributed by atoms with Crippen LogP contribution in [0.15, 0.2) is 134 Å². The van der Waals surface area contributed by atoms with Crippen molar-refractivity contribution in [3.8, 4) is 0 Å². The van der Waals surface area contributed by atoms with Crippen molar-refractivity contribution in [2.24, 2.45) is 0 Å². The van der Waals surface area contributed by atoms with Crippen molar-refractivity contribution in [3.63, 3.8) is 0 Å². The van der Waals surface area contributed by atoms with Crippen molar-refractivity contribution < 1.29 is 80.2 Å². The lowest BCUT2D eigenvalue weighted by molar-refractivity contribution is -0.161. The van der Waals surface area contributed by atoms with Crippen LogP contribution >= 0.6 is 15.6 Å². The van der Waals surface area contributed by atoms with Crippen LogP contribution in [0.1, 0.15) is 336 Å². The Hall–Kier alpha value is -4.80. The lowest BCUT2D eigenvalue weighted by Crippen LogP contribution is -2.30. The average molecular weight is 1530 g/mol. The van der Waals surface area contributed by atoms with Crippen LogP contribution in [0, 0.1) is 0 Å². The first kappa shape index (κ1) is 101. The van der Waals surface area contributed by atoms with Gasteiger partial charge in [-0.05, 0) is 141 Å². The maximum Gasteiger partial charge on any atom is 0.472 e. The van der Waals surface area contributed by atoms with Gasteiger partial charge < -0.3 is 33.8 Å². The first-order valence-electron chi connectivity index (χ1n) is 41.4. The summed E-state index contributed by atoms with van der Waals surface area (Å²) in [7, 11) is -9.98. The number of ether oxygens (including phenoxy) is 4. The number of hydrogen-bond acceptors (Lipinski definition) is 15. The van der Waals surface area contributed by atoms with Crippen LogP contribution in [0.3, 0.4) is 0 Å². The Labute approximate surface area is 644 Å². The van der Waals surface area contributed by atoms with Gasteiger partial charge in [0.05, 0.1) is 26.4 Å². The highest BCUT2D eigenvalue weighted by molar-refractivity contribution is 7.47. The molecule has 0 aliphatic heterocycles. The normalized spacial score (nSPS) is 14.5. The first-order chi connectivity index (χ1) is 51.7. The molecule has 0 fully saturated rings. The highest BCUT2D eigenvalue weighted by atomic mass is 31.2. The van der Waals surface area contributed by atoms with Gasteiger partial charge in [-0.15, -0.1) is 0 Å². The van der Waals surface area contributed by atoms with Crippen molar-refractivity contribution >= 4 is 39.5 Å². The van der Waals surface area contributed by atoms with Crippen LogP contribution in [0.25, 0.3) is 0 Å². The van der Waals surface area contributed by atoms with E-state index < -0.39 is 97.5 Å². The standard InChI is InChI=1S/C87H148O17P2/c1-5-9-13-17-21-25-29-33-37-39-40-42-46-48-52-56-60-64-68-72-85(90)98-78-83(104-87(92)74-70-66-62-58-54-50-44-36-32-28-24-20-16-12-8-4)80-102-106(95,96)100-76-81(88)75-99-105(93,94)101-79-82(103-86(91)73-69-65-61-57-53-49-43-35-31-27-23-19-15-11-7-3)77-97-84(89)71-67-63-59-55-51-47-45-41-38-34-30-26-22-18-14-10-6-2/h9-10,13-14,21-23,25-27,33-35,37-38,40,42-43,45,47-48,52,81-83,88H,5-8,11-12,15-20,24,28-32,36,39,41,44,46,49-51,53-80H2,1-4H3,(H,93,94)(H,95,96)/b13-9-,14-10-,25-21-,26-22-,27-23-,37-33-,38-34-,42-40-,43-35-,47-45-,52-48-. The Morgan fingerprint density at radius 1 is 0.274 bits per heavy atom. The summed E-state index contributed by atoms with van der Waals surface area (Å²) < 4.78 is 68.7. The largest absolute Gasteiger partial charge is 0.472 e. The SMILES string of the molecule is CC/C=C\C/C=C\C/C=C\C/C=C\C/C=C\CCCCCC(=O)OCC(COP(=O)(O)OCC(O)COP(=O)(O)OCC(COC(=O)CCCCCC/C=C\C/C=C\C/C=C\C/C=C\CC)OC(=O)CCCCCCC/C=C\C/C=C\CCCCC)OC(=O)CCCCCCCCCCCCCCCCC. The fraction of sp³-hybridized carbons (Fsp3) is 0.701. The van der Waals surface area contributed by atoms with Gasteiger partial charge in [0.1, 0.15) is 19.3 Å². The number of aliphatic hydroxyl groups is 1. The van der Waals surface area contributed by atoms with Gasteiger partial charge in [-0.1, -0.05) is 303 Å². The van der Waals surface area contributed by atoms with E-state index in [4.69, 9.17) is 37.0 Å². The summed E-state index contributed by atoms with van der Waals surface area (Å²) in [5, 5.41) is 10.7. The molecule has 0 aliphatic rings. The number of hydrogen-bond donors (Lipinski definition) is 3. The topological polar surface area (TPSA) is 237 Å². The monoisotopic (exact) mass is 1530 g/mol. The third kappa shape index (κ3) is 77.4. The number of allylic oxidation sites excluding steroid dienone is 22. The van der Waals surface area contributed by atoms with E-state index in [1.807, 2.05) is 0 Å². The molecule has 0 saturated carbocycles. The van der Waals surface area contributed by atoms with E-state index in [1.54, 1.807) is 0 Å². The zero-order valence-electron chi connectivity index (χ0n) is 66.6. The van der Waals surface area contributed by atoms with Crippen LogP contribution in [0.2, 0.25) is 0 Å². The predicted octanol–water partition coefficient (Wildman–Crippen LogP) is 24.4. The second kappa shape index (κ2) is 78.3. The fourth-order valence-corrected chi connectivity index (χ4v) is 12.4. The van der Waals surface area contributed by atoms with E-state index in [-0.39, 0.29) is 25.7 Å². The Morgan fingerprint density at radius 3 is 0.783 bits per heavy atom. The summed E-state index contributed by atoms with van der Waals surface area (Å²) in [6.45, 7) is 4.58. The van der Waals surface area contributed by atoms with Gasteiger partial charge in [0, 0.05) is 25.7 Å². The van der Waals surface area contributed by atoms with Gasteiger partial charge >= 0.3 is 39.5 Å². The average Bonchev–Trinajstić information content (AvgIpc) is 0.909. The third-order valence-corrected chi connectivity index (χ3v) is 19.0. The minimum Gasteiger partial charge on any atom is -0.462 e. The van der Waals surface area contributed by atoms with Crippen molar-refractivity contribution in [1.29, 1.82) is 0 Å². The molecule has 19 heteroatoms. The maximum absolute atomic E-state index is 13.1. The molecule has 5 atom stereocenters. The summed E-state index contributed by atoms with van der Waals surface area (Å²) in [5.74, 6) is -2.24. The van der Waals surface area contributed by atoms with Crippen LogP contribution in [-0.2, 0) is 65.4 Å². The van der Waals surface area contributed by atoms with Crippen molar-refractivity contribution in [2.75, 3.05) is 39.6 Å². The highest BCUT2D eigenvalue weighted by Crippen LogP contribution is 2.45. The van der Waals surface area contributed by atoms with Crippen LogP contribution in [0.4, 0.5) is 0 Å². The molecule has 0 amide bonds. The van der Waals surface area contributed by atoms with Gasteiger partial charge in [0.25, 0.3) is 0 Å². The smallest absolute Gasteiger partial charge is 0.462 e. The van der Waals surface area contributed by atoms with E-state index >= 15 is 0 Å². The van der Waals surface area contributed by atoms with Gasteiger partial charge in [-0.25, -0.2) is 9.13 Å². The van der Waals surface area contributed by atoms with Crippen molar-refractivity contribution in [1.82, 2.24) is 0 Å². The third-order valence-electron chi connectivity index (χ3n) is 17.1.